The first-order valence-corrected chi connectivity index (χ1v) is 11.3. The highest BCUT2D eigenvalue weighted by molar-refractivity contribution is 7.99. The van der Waals surface area contributed by atoms with Gasteiger partial charge in [-0.05, 0) is 45.4 Å². The minimum absolute atomic E-state index is 0.0752. The van der Waals surface area contributed by atoms with Gasteiger partial charge in [0, 0.05) is 0 Å². The quantitative estimate of drug-likeness (QED) is 0.163. The summed E-state index contributed by atoms with van der Waals surface area (Å²) in [7, 11) is 2.90. The number of hydrogen-bond acceptors (Lipinski definition) is 6. The molecule has 3 rings (SSSR count). The van der Waals surface area contributed by atoms with E-state index in [1.807, 2.05) is 0 Å². The third kappa shape index (κ3) is 5.28. The Hall–Kier alpha value is -3.28. The fourth-order valence-corrected chi connectivity index (χ4v) is 4.20. The molecule has 0 spiro atoms. The van der Waals surface area contributed by atoms with Crippen molar-refractivity contribution in [2.75, 3.05) is 14.2 Å². The van der Waals surface area contributed by atoms with Crippen molar-refractivity contribution < 1.29 is 41.0 Å². The molecule has 0 unspecified atom stereocenters. The predicted octanol–water partition coefficient (Wildman–Crippen LogP) is 5.96. The van der Waals surface area contributed by atoms with Crippen LogP contribution in [0.3, 0.4) is 0 Å². The minimum Gasteiger partial charge on any atom is -0.493 e. The molecule has 12 heteroatoms. The smallest absolute Gasteiger partial charge is 0.317 e. The number of nitrogens with zero attached hydrogens (tertiary/aromatic N) is 2. The van der Waals surface area contributed by atoms with Crippen molar-refractivity contribution in [3.63, 3.8) is 0 Å². The highest BCUT2D eigenvalue weighted by Crippen LogP contribution is 2.43. The molecule has 1 aromatic heterocycles. The summed E-state index contributed by atoms with van der Waals surface area (Å²) >= 11 is 0.234. The van der Waals surface area contributed by atoms with E-state index >= 15 is 0 Å². The number of carbonyl (C=O) groups is 1. The third-order valence-corrected chi connectivity index (χ3v) is 6.22. The van der Waals surface area contributed by atoms with Crippen LogP contribution in [-0.2, 0) is 16.8 Å². The first kappa shape index (κ1) is 27.3. The lowest BCUT2D eigenvalue weighted by molar-refractivity contribution is -0.134. The molecule has 0 aliphatic carbocycles. The molecule has 3 aromatic rings. The molecule has 0 fully saturated rings. The van der Waals surface area contributed by atoms with Crippen molar-refractivity contribution in [3.05, 3.63) is 58.5 Å². The van der Waals surface area contributed by atoms with Gasteiger partial charge < -0.3 is 14.2 Å². The summed E-state index contributed by atoms with van der Waals surface area (Å²) in [5.74, 6) is -10.5. The number of aromatic nitrogens is 2. The molecule has 194 valence electrons. The summed E-state index contributed by atoms with van der Waals surface area (Å²) in [4.78, 5) is 11.6. The molecule has 2 aromatic carbocycles. The molecule has 36 heavy (non-hydrogen) atoms. The maximum atomic E-state index is 14.4. The topological polar surface area (TPSA) is 62.6 Å². The number of carbonyl (C=O) groups excluding carboxylic acids is 1. The molecule has 0 bridgehead atoms. The molecule has 0 amide bonds. The molecule has 0 saturated heterocycles. The van der Waals surface area contributed by atoms with Crippen molar-refractivity contribution in [2.24, 2.45) is 0 Å². The molecule has 0 aliphatic heterocycles. The van der Waals surface area contributed by atoms with E-state index in [1.165, 1.54) is 25.8 Å². The zero-order valence-corrected chi connectivity index (χ0v) is 21.1. The first-order valence-electron chi connectivity index (χ1n) is 10.5. The SMILES string of the molecule is COc1ccc(CC(=O)Oc2c(Sc3c(F)c(F)c(F)c(F)c3F)c(C)nn2C(C)(C)C)cc1OC. The van der Waals surface area contributed by atoms with E-state index in [0.29, 0.717) is 17.1 Å². The van der Waals surface area contributed by atoms with Gasteiger partial charge in [-0.2, -0.15) is 5.10 Å². The average Bonchev–Trinajstić information content (AvgIpc) is 3.14. The molecule has 1 heterocycles. The predicted molar refractivity (Wildman–Crippen MR) is 121 cm³/mol. The summed E-state index contributed by atoms with van der Waals surface area (Å²) in [5, 5.41) is 4.29. The van der Waals surface area contributed by atoms with Crippen LogP contribution in [0.15, 0.2) is 28.0 Å². The maximum Gasteiger partial charge on any atom is 0.317 e. The number of ether oxygens (including phenoxy) is 3. The van der Waals surface area contributed by atoms with Gasteiger partial charge in [0.25, 0.3) is 0 Å². The average molecular weight is 531 g/mol. The lowest BCUT2D eigenvalue weighted by atomic mass is 10.1. The number of esters is 1. The fraction of sp³-hybridized carbons (Fsp3) is 0.333. The Kier molecular flexibility index (Phi) is 7.87. The van der Waals surface area contributed by atoms with Crippen LogP contribution in [0, 0.1) is 36.0 Å². The van der Waals surface area contributed by atoms with Crippen molar-refractivity contribution in [3.8, 4) is 17.4 Å². The van der Waals surface area contributed by atoms with Crippen molar-refractivity contribution in [1.82, 2.24) is 9.78 Å². The molecule has 0 atom stereocenters. The van der Waals surface area contributed by atoms with Gasteiger partial charge in [0.2, 0.25) is 11.7 Å². The maximum absolute atomic E-state index is 14.4. The van der Waals surface area contributed by atoms with Crippen molar-refractivity contribution in [2.45, 2.75) is 49.4 Å². The van der Waals surface area contributed by atoms with Gasteiger partial charge in [-0.1, -0.05) is 17.8 Å². The van der Waals surface area contributed by atoms with Crippen LogP contribution in [0.5, 0.6) is 17.4 Å². The highest BCUT2D eigenvalue weighted by atomic mass is 32.2. The van der Waals surface area contributed by atoms with Gasteiger partial charge in [-0.3, -0.25) is 4.79 Å². The summed E-state index contributed by atoms with van der Waals surface area (Å²) in [6, 6.07) is 4.81. The molecule has 0 radical (unpaired) electrons. The number of aryl methyl sites for hydroxylation is 1. The molecule has 6 nitrogen and oxygen atoms in total. The number of rotatable bonds is 7. The lowest BCUT2D eigenvalue weighted by Gasteiger charge is -2.22. The van der Waals surface area contributed by atoms with E-state index in [4.69, 9.17) is 14.2 Å². The van der Waals surface area contributed by atoms with Gasteiger partial charge >= 0.3 is 5.97 Å². The Morgan fingerprint density at radius 1 is 0.917 bits per heavy atom. The number of methoxy groups -OCH3 is 2. The Morgan fingerprint density at radius 2 is 1.47 bits per heavy atom. The molecule has 0 aliphatic rings. The van der Waals surface area contributed by atoms with Crippen LogP contribution in [0.2, 0.25) is 0 Å². The van der Waals surface area contributed by atoms with E-state index in [9.17, 15) is 26.7 Å². The third-order valence-electron chi connectivity index (χ3n) is 4.98. The normalized spacial score (nSPS) is 11.5. The van der Waals surface area contributed by atoms with E-state index in [0.717, 1.165) is 0 Å². The molecular weight excluding hydrogens is 507 g/mol. The standard InChI is InChI=1S/C24H23F5N2O4S/c1-11-21(36-22-19(28)17(26)16(25)18(27)20(22)29)23(31(30-11)24(2,3)4)35-15(32)10-12-7-8-13(33-5)14(9-12)34-6/h7-9H,10H2,1-6H3. The molecular formula is C24H23F5N2O4S. The minimum atomic E-state index is -2.27. The zero-order chi connectivity index (χ0) is 26.9. The monoisotopic (exact) mass is 530 g/mol. The van der Waals surface area contributed by atoms with Crippen LogP contribution in [0.1, 0.15) is 32.0 Å². The Bertz CT molecular complexity index is 1290. The Morgan fingerprint density at radius 3 is 2.00 bits per heavy atom. The van der Waals surface area contributed by atoms with Gasteiger partial charge in [0.05, 0.1) is 41.7 Å². The van der Waals surface area contributed by atoms with Gasteiger partial charge in [0.15, 0.2) is 34.8 Å². The van der Waals surface area contributed by atoms with Gasteiger partial charge in [-0.25, -0.2) is 26.6 Å². The Labute approximate surface area is 208 Å². The number of hydrogen-bond donors (Lipinski definition) is 0. The lowest BCUT2D eigenvalue weighted by Crippen LogP contribution is -2.26. The summed E-state index contributed by atoms with van der Waals surface area (Å²) in [6.45, 7) is 6.66. The highest BCUT2D eigenvalue weighted by Gasteiger charge is 2.32. The summed E-state index contributed by atoms with van der Waals surface area (Å²) in [5.41, 5.74) is -0.0863. The molecule has 0 saturated carbocycles. The second-order valence-corrected chi connectivity index (χ2v) is 9.66. The summed E-state index contributed by atoms with van der Waals surface area (Å²) < 4.78 is 87.1. The van der Waals surface area contributed by atoms with E-state index in [2.05, 4.69) is 5.10 Å². The largest absolute Gasteiger partial charge is 0.493 e. The number of halogens is 5. The van der Waals surface area contributed by atoms with Crippen LogP contribution < -0.4 is 14.2 Å². The van der Waals surface area contributed by atoms with Crippen molar-refractivity contribution in [1.29, 1.82) is 0 Å². The van der Waals surface area contributed by atoms with Gasteiger partial charge in [-0.15, -0.1) is 0 Å². The van der Waals surface area contributed by atoms with Gasteiger partial charge in [0.1, 0.15) is 0 Å². The number of benzene rings is 2. The second-order valence-electron chi connectivity index (χ2n) is 8.64. The fourth-order valence-electron chi connectivity index (χ4n) is 3.23. The zero-order valence-electron chi connectivity index (χ0n) is 20.3. The second kappa shape index (κ2) is 10.4. The molecule has 0 N–H and O–H groups in total. The van der Waals surface area contributed by atoms with Crippen LogP contribution in [0.25, 0.3) is 0 Å². The summed E-state index contributed by atoms with van der Waals surface area (Å²) in [6.07, 6.45) is -0.221. The van der Waals surface area contributed by atoms with Crippen LogP contribution in [0.4, 0.5) is 22.0 Å². The first-order chi connectivity index (χ1) is 16.8. The van der Waals surface area contributed by atoms with E-state index in [1.54, 1.807) is 39.0 Å². The van der Waals surface area contributed by atoms with Crippen LogP contribution in [-0.4, -0.2) is 30.0 Å². The van der Waals surface area contributed by atoms with E-state index < -0.39 is 45.5 Å². The van der Waals surface area contributed by atoms with Crippen molar-refractivity contribution >= 4 is 17.7 Å². The van der Waals surface area contributed by atoms with Crippen LogP contribution >= 0.6 is 11.8 Å². The Balaban J connectivity index is 2.02. The van der Waals surface area contributed by atoms with E-state index in [-0.39, 0.29) is 34.7 Å².